The van der Waals surface area contributed by atoms with E-state index in [-0.39, 0.29) is 6.03 Å². The molecule has 3 aromatic rings. The summed E-state index contributed by atoms with van der Waals surface area (Å²) in [6, 6.07) is 17.7. The zero-order chi connectivity index (χ0) is 21.3. The number of hydrogen-bond acceptors (Lipinski definition) is 5. The van der Waals surface area contributed by atoms with Crippen LogP contribution in [0.1, 0.15) is 11.1 Å². The van der Waals surface area contributed by atoms with Crippen LogP contribution >= 0.6 is 11.8 Å². The molecule has 0 fully saturated rings. The molecule has 3 rings (SSSR count). The Hall–Kier alpha value is -2.90. The number of carbonyl (C=O) groups excluding carboxylic acids is 1. The summed E-state index contributed by atoms with van der Waals surface area (Å²) in [5.41, 5.74) is 2.91. The molecule has 0 unspecified atom stereocenters. The zero-order valence-electron chi connectivity index (χ0n) is 17.6. The van der Waals surface area contributed by atoms with Gasteiger partial charge in [-0.3, -0.25) is 0 Å². The van der Waals surface area contributed by atoms with Gasteiger partial charge in [-0.15, -0.1) is 0 Å². The number of aromatic nitrogens is 2. The minimum absolute atomic E-state index is 0.101. The fourth-order valence-electron chi connectivity index (χ4n) is 2.85. The molecule has 0 radical (unpaired) electrons. The Kier molecular flexibility index (Phi) is 7.82. The predicted octanol–water partition coefficient (Wildman–Crippen LogP) is 4.53. The normalized spacial score (nSPS) is 10.8. The first-order chi connectivity index (χ1) is 14.5. The molecule has 0 atom stereocenters. The van der Waals surface area contributed by atoms with Gasteiger partial charge in [-0.1, -0.05) is 30.3 Å². The summed E-state index contributed by atoms with van der Waals surface area (Å²) < 4.78 is 0. The van der Waals surface area contributed by atoms with Gasteiger partial charge in [0.1, 0.15) is 0 Å². The third-order valence-corrected chi connectivity index (χ3v) is 5.39. The summed E-state index contributed by atoms with van der Waals surface area (Å²) >= 11 is 1.50. The lowest BCUT2D eigenvalue weighted by Crippen LogP contribution is -2.39. The SMILES string of the molecule is Cc1cc(Sc2ncccn2)ccc1NC(=O)N(CCN(C)C)Cc1ccccc1. The first-order valence-electron chi connectivity index (χ1n) is 9.81. The molecule has 0 saturated heterocycles. The smallest absolute Gasteiger partial charge is 0.319 e. The van der Waals surface area contributed by atoms with E-state index in [1.165, 1.54) is 11.8 Å². The van der Waals surface area contributed by atoms with Crippen LogP contribution in [-0.4, -0.2) is 53.0 Å². The van der Waals surface area contributed by atoms with Crippen molar-refractivity contribution in [2.45, 2.75) is 23.5 Å². The number of nitrogens with zero attached hydrogens (tertiary/aromatic N) is 4. The van der Waals surface area contributed by atoms with E-state index >= 15 is 0 Å². The van der Waals surface area contributed by atoms with Crippen molar-refractivity contribution < 1.29 is 4.79 Å². The van der Waals surface area contributed by atoms with Crippen LogP contribution in [-0.2, 0) is 6.54 Å². The molecule has 30 heavy (non-hydrogen) atoms. The van der Waals surface area contributed by atoms with Gasteiger partial charge in [-0.05, 0) is 68.2 Å². The number of urea groups is 1. The number of rotatable bonds is 8. The summed E-state index contributed by atoms with van der Waals surface area (Å²) in [5.74, 6) is 0. The Morgan fingerprint density at radius 1 is 1.00 bits per heavy atom. The van der Waals surface area contributed by atoms with Crippen molar-refractivity contribution in [2.75, 3.05) is 32.5 Å². The van der Waals surface area contributed by atoms with Crippen LogP contribution in [0.5, 0.6) is 0 Å². The molecule has 2 aromatic carbocycles. The molecule has 156 valence electrons. The Morgan fingerprint density at radius 2 is 1.73 bits per heavy atom. The Balaban J connectivity index is 1.69. The second-order valence-electron chi connectivity index (χ2n) is 7.25. The molecule has 0 spiro atoms. The van der Waals surface area contributed by atoms with Gasteiger partial charge in [0.2, 0.25) is 0 Å². The van der Waals surface area contributed by atoms with Crippen molar-refractivity contribution in [3.05, 3.63) is 78.1 Å². The van der Waals surface area contributed by atoms with Crippen LogP contribution in [0, 0.1) is 6.92 Å². The van der Waals surface area contributed by atoms with Gasteiger partial charge in [-0.2, -0.15) is 0 Å². The van der Waals surface area contributed by atoms with Crippen LogP contribution < -0.4 is 5.32 Å². The van der Waals surface area contributed by atoms with Crippen molar-refractivity contribution >= 4 is 23.5 Å². The number of hydrogen-bond donors (Lipinski definition) is 1. The van der Waals surface area contributed by atoms with Crippen LogP contribution in [0.2, 0.25) is 0 Å². The third-order valence-electron chi connectivity index (χ3n) is 4.51. The van der Waals surface area contributed by atoms with Crippen molar-refractivity contribution in [1.82, 2.24) is 19.8 Å². The predicted molar refractivity (Wildman–Crippen MR) is 122 cm³/mol. The molecule has 0 aliphatic rings. The third kappa shape index (κ3) is 6.57. The molecule has 0 aliphatic heterocycles. The average molecular weight is 422 g/mol. The molecule has 1 heterocycles. The van der Waals surface area contributed by atoms with Gasteiger partial charge >= 0.3 is 6.03 Å². The Labute approximate surface area is 182 Å². The lowest BCUT2D eigenvalue weighted by molar-refractivity contribution is 0.202. The van der Waals surface area contributed by atoms with Crippen molar-refractivity contribution in [3.8, 4) is 0 Å². The highest BCUT2D eigenvalue weighted by Crippen LogP contribution is 2.28. The highest BCUT2D eigenvalue weighted by molar-refractivity contribution is 7.99. The van der Waals surface area contributed by atoms with E-state index in [9.17, 15) is 4.79 Å². The lowest BCUT2D eigenvalue weighted by atomic mass is 10.2. The quantitative estimate of drug-likeness (QED) is 0.542. The summed E-state index contributed by atoms with van der Waals surface area (Å²) in [4.78, 5) is 26.5. The fourth-order valence-corrected chi connectivity index (χ4v) is 3.66. The summed E-state index contributed by atoms with van der Waals surface area (Å²) in [6.07, 6.45) is 3.46. The van der Waals surface area contributed by atoms with Gasteiger partial charge in [0.05, 0.1) is 0 Å². The van der Waals surface area contributed by atoms with E-state index in [2.05, 4.69) is 20.2 Å². The maximum Gasteiger partial charge on any atom is 0.322 e. The van der Waals surface area contributed by atoms with E-state index in [4.69, 9.17) is 0 Å². The monoisotopic (exact) mass is 421 g/mol. The molecule has 1 aromatic heterocycles. The molecular formula is C23H27N5OS. The summed E-state index contributed by atoms with van der Waals surface area (Å²) in [7, 11) is 4.02. The maximum absolute atomic E-state index is 13.0. The summed E-state index contributed by atoms with van der Waals surface area (Å²) in [5, 5.41) is 3.77. The highest BCUT2D eigenvalue weighted by Gasteiger charge is 2.15. The van der Waals surface area contributed by atoms with Gasteiger partial charge in [0.25, 0.3) is 0 Å². The number of amides is 2. The minimum atomic E-state index is -0.101. The van der Waals surface area contributed by atoms with E-state index in [1.54, 1.807) is 18.5 Å². The minimum Gasteiger partial charge on any atom is -0.319 e. The lowest BCUT2D eigenvalue weighted by Gasteiger charge is -2.25. The number of likely N-dealkylation sites (N-methyl/N-ethyl adjacent to an activating group) is 1. The van der Waals surface area contributed by atoms with Gasteiger partial charge < -0.3 is 15.1 Å². The first kappa shape index (κ1) is 21.8. The number of carbonyl (C=O) groups is 1. The van der Waals surface area contributed by atoms with E-state index < -0.39 is 0 Å². The summed E-state index contributed by atoms with van der Waals surface area (Å²) in [6.45, 7) is 4.00. The van der Waals surface area contributed by atoms with Gasteiger partial charge in [0.15, 0.2) is 5.16 Å². The zero-order valence-corrected chi connectivity index (χ0v) is 18.4. The number of anilines is 1. The van der Waals surface area contributed by atoms with E-state index in [1.807, 2.05) is 74.4 Å². The van der Waals surface area contributed by atoms with E-state index in [0.29, 0.717) is 18.2 Å². The fraction of sp³-hybridized carbons (Fsp3) is 0.261. The average Bonchev–Trinajstić information content (AvgIpc) is 2.74. The maximum atomic E-state index is 13.0. The second-order valence-corrected chi connectivity index (χ2v) is 8.29. The van der Waals surface area contributed by atoms with E-state index in [0.717, 1.165) is 28.3 Å². The highest BCUT2D eigenvalue weighted by atomic mass is 32.2. The number of nitrogens with one attached hydrogen (secondary N) is 1. The topological polar surface area (TPSA) is 61.4 Å². The molecule has 0 bridgehead atoms. The Morgan fingerprint density at radius 3 is 2.40 bits per heavy atom. The molecule has 2 amide bonds. The van der Waals surface area contributed by atoms with Crippen LogP contribution in [0.15, 0.2) is 77.0 Å². The number of aryl methyl sites for hydroxylation is 1. The molecule has 6 nitrogen and oxygen atoms in total. The molecule has 1 N–H and O–H groups in total. The largest absolute Gasteiger partial charge is 0.322 e. The van der Waals surface area contributed by atoms with Crippen molar-refractivity contribution in [1.29, 1.82) is 0 Å². The van der Waals surface area contributed by atoms with Crippen molar-refractivity contribution in [3.63, 3.8) is 0 Å². The van der Waals surface area contributed by atoms with Crippen molar-refractivity contribution in [2.24, 2.45) is 0 Å². The molecular weight excluding hydrogens is 394 g/mol. The molecule has 0 saturated carbocycles. The van der Waals surface area contributed by atoms with Gasteiger partial charge in [-0.25, -0.2) is 14.8 Å². The van der Waals surface area contributed by atoms with Crippen LogP contribution in [0.3, 0.4) is 0 Å². The Bertz CT molecular complexity index is 950. The number of benzene rings is 2. The van der Waals surface area contributed by atoms with Gasteiger partial charge in [0, 0.05) is 42.6 Å². The standard InChI is InChI=1S/C23H27N5OS/c1-18-16-20(30-22-24-12-7-13-25-22)10-11-21(18)26-23(29)28(15-14-27(2)3)17-19-8-5-4-6-9-19/h4-13,16H,14-15,17H2,1-3H3,(H,26,29). The second kappa shape index (κ2) is 10.8. The molecule has 0 aliphatic carbocycles. The molecule has 7 heteroatoms. The first-order valence-corrected chi connectivity index (χ1v) is 10.6. The van der Waals surface area contributed by atoms with Crippen LogP contribution in [0.4, 0.5) is 10.5 Å². The van der Waals surface area contributed by atoms with Crippen LogP contribution in [0.25, 0.3) is 0 Å².